The molecule has 29 heavy (non-hydrogen) atoms. The van der Waals surface area contributed by atoms with Crippen molar-refractivity contribution in [1.82, 2.24) is 15.0 Å². The van der Waals surface area contributed by atoms with Crippen LogP contribution in [-0.4, -0.2) is 53.5 Å². The van der Waals surface area contributed by atoms with E-state index in [0.29, 0.717) is 42.8 Å². The van der Waals surface area contributed by atoms with Crippen molar-refractivity contribution in [2.24, 2.45) is 0 Å². The Morgan fingerprint density at radius 1 is 1.17 bits per heavy atom. The van der Waals surface area contributed by atoms with Crippen LogP contribution in [-0.2, 0) is 4.74 Å². The number of benzene rings is 1. The first kappa shape index (κ1) is 19.6. The highest BCUT2D eigenvalue weighted by molar-refractivity contribution is 7.98. The summed E-state index contributed by atoms with van der Waals surface area (Å²) < 4.78 is 11.2. The Balaban J connectivity index is 1.80. The number of aromatic nitrogens is 3. The maximum Gasteiger partial charge on any atom is 0.345 e. The van der Waals surface area contributed by atoms with Crippen LogP contribution in [0.4, 0.5) is 5.82 Å². The molecule has 0 bridgehead atoms. The van der Waals surface area contributed by atoms with Crippen molar-refractivity contribution in [1.29, 1.82) is 0 Å². The fraction of sp³-hybridized carbons (Fsp3) is 0.333. The van der Waals surface area contributed by atoms with E-state index in [2.05, 4.69) is 14.9 Å². The molecule has 3 heterocycles. The van der Waals surface area contributed by atoms with Gasteiger partial charge in [0.15, 0.2) is 11.0 Å². The minimum Gasteiger partial charge on any atom is -0.403 e. The van der Waals surface area contributed by atoms with E-state index < -0.39 is 5.97 Å². The molecule has 150 valence electrons. The Kier molecular flexibility index (Phi) is 5.64. The lowest BCUT2D eigenvalue weighted by Crippen LogP contribution is -2.37. The third kappa shape index (κ3) is 3.90. The van der Waals surface area contributed by atoms with Crippen molar-refractivity contribution in [3.05, 3.63) is 47.2 Å². The molecule has 1 saturated heterocycles. The Labute approximate surface area is 173 Å². The SMILES string of the molecule is CSc1ncc2c(C)c(OC(=O)c3ccccc3C)nc(N3CCOCC3)c2n1. The number of ether oxygens (including phenoxy) is 2. The van der Waals surface area contributed by atoms with Gasteiger partial charge in [-0.2, -0.15) is 4.98 Å². The number of rotatable bonds is 4. The summed E-state index contributed by atoms with van der Waals surface area (Å²) >= 11 is 1.48. The van der Waals surface area contributed by atoms with Crippen LogP contribution in [0.15, 0.2) is 35.6 Å². The molecule has 0 atom stereocenters. The van der Waals surface area contributed by atoms with Crippen LogP contribution in [0.25, 0.3) is 10.9 Å². The summed E-state index contributed by atoms with van der Waals surface area (Å²) in [6.07, 6.45) is 3.72. The smallest absolute Gasteiger partial charge is 0.345 e. The molecule has 0 spiro atoms. The Hall–Kier alpha value is -2.71. The molecular weight excluding hydrogens is 388 g/mol. The van der Waals surface area contributed by atoms with Crippen molar-refractivity contribution < 1.29 is 14.3 Å². The van der Waals surface area contributed by atoms with Gasteiger partial charge in [0, 0.05) is 30.2 Å². The van der Waals surface area contributed by atoms with Gasteiger partial charge in [-0.05, 0) is 31.7 Å². The number of thioether (sulfide) groups is 1. The highest BCUT2D eigenvalue weighted by Gasteiger charge is 2.23. The molecule has 1 aliphatic rings. The average molecular weight is 410 g/mol. The minimum atomic E-state index is -0.423. The Bertz CT molecular complexity index is 1070. The standard InChI is InChI=1S/C21H22N4O3S/c1-13-6-4-5-7-15(13)20(26)28-19-14(2)16-12-22-21(29-3)23-17(16)18(24-19)25-8-10-27-11-9-25/h4-7,12H,8-11H2,1-3H3. The quantitative estimate of drug-likeness (QED) is 0.368. The van der Waals surface area contributed by atoms with Crippen LogP contribution < -0.4 is 9.64 Å². The summed E-state index contributed by atoms with van der Waals surface area (Å²) in [7, 11) is 0. The first-order valence-electron chi connectivity index (χ1n) is 9.40. The van der Waals surface area contributed by atoms with Crippen molar-refractivity contribution >= 4 is 34.5 Å². The monoisotopic (exact) mass is 410 g/mol. The molecule has 0 aliphatic carbocycles. The second kappa shape index (κ2) is 8.34. The zero-order chi connectivity index (χ0) is 20.4. The molecule has 1 aromatic carbocycles. The van der Waals surface area contributed by atoms with Crippen molar-refractivity contribution in [3.63, 3.8) is 0 Å². The lowest BCUT2D eigenvalue weighted by atomic mass is 10.1. The van der Waals surface area contributed by atoms with Gasteiger partial charge in [0.05, 0.1) is 18.8 Å². The number of aryl methyl sites for hydroxylation is 2. The van der Waals surface area contributed by atoms with Gasteiger partial charge < -0.3 is 14.4 Å². The number of nitrogens with zero attached hydrogens (tertiary/aromatic N) is 4. The van der Waals surface area contributed by atoms with E-state index in [1.807, 2.05) is 38.3 Å². The zero-order valence-corrected chi connectivity index (χ0v) is 17.5. The molecule has 8 heteroatoms. The fourth-order valence-corrected chi connectivity index (χ4v) is 3.64. The van der Waals surface area contributed by atoms with Gasteiger partial charge in [0.1, 0.15) is 5.52 Å². The van der Waals surface area contributed by atoms with Gasteiger partial charge >= 0.3 is 5.97 Å². The second-order valence-corrected chi connectivity index (χ2v) is 7.56. The summed E-state index contributed by atoms with van der Waals surface area (Å²) in [5.41, 5.74) is 2.89. The molecule has 0 unspecified atom stereocenters. The van der Waals surface area contributed by atoms with Crippen LogP contribution in [0.5, 0.6) is 5.88 Å². The first-order valence-corrected chi connectivity index (χ1v) is 10.6. The number of pyridine rings is 1. The molecule has 0 saturated carbocycles. The normalized spacial score (nSPS) is 14.2. The summed E-state index contributed by atoms with van der Waals surface area (Å²) in [5.74, 6) is 0.555. The number of hydrogen-bond donors (Lipinski definition) is 0. The largest absolute Gasteiger partial charge is 0.403 e. The molecule has 0 amide bonds. The molecule has 1 aliphatic heterocycles. The molecule has 7 nitrogen and oxygen atoms in total. The number of morpholine rings is 1. The lowest BCUT2D eigenvalue weighted by Gasteiger charge is -2.29. The lowest BCUT2D eigenvalue weighted by molar-refractivity contribution is 0.0725. The number of carbonyl (C=O) groups is 1. The molecule has 0 N–H and O–H groups in total. The van der Waals surface area contributed by atoms with Crippen LogP contribution in [0.3, 0.4) is 0 Å². The van der Waals surface area contributed by atoms with Gasteiger partial charge in [-0.25, -0.2) is 14.8 Å². The molecule has 2 aromatic heterocycles. The van der Waals surface area contributed by atoms with Crippen LogP contribution in [0.1, 0.15) is 21.5 Å². The maximum absolute atomic E-state index is 12.8. The number of anilines is 1. The number of carbonyl (C=O) groups excluding carboxylic acids is 1. The van der Waals surface area contributed by atoms with E-state index in [1.54, 1.807) is 12.3 Å². The molecular formula is C21H22N4O3S. The molecule has 3 aromatic rings. The summed E-state index contributed by atoms with van der Waals surface area (Å²) in [4.78, 5) is 28.7. The minimum absolute atomic E-state index is 0.285. The topological polar surface area (TPSA) is 77.4 Å². The molecule has 0 radical (unpaired) electrons. The van der Waals surface area contributed by atoms with Gasteiger partial charge in [0.2, 0.25) is 5.88 Å². The number of esters is 1. The summed E-state index contributed by atoms with van der Waals surface area (Å²) in [5, 5.41) is 1.50. The Morgan fingerprint density at radius 2 is 1.93 bits per heavy atom. The zero-order valence-electron chi connectivity index (χ0n) is 16.6. The van der Waals surface area contributed by atoms with E-state index in [9.17, 15) is 4.79 Å². The van der Waals surface area contributed by atoms with E-state index in [-0.39, 0.29) is 5.88 Å². The van der Waals surface area contributed by atoms with Gasteiger partial charge in [0.25, 0.3) is 0 Å². The fourth-order valence-electron chi connectivity index (χ4n) is 3.30. The molecule has 4 rings (SSSR count). The van der Waals surface area contributed by atoms with E-state index in [1.165, 1.54) is 11.8 Å². The van der Waals surface area contributed by atoms with Crippen LogP contribution in [0, 0.1) is 13.8 Å². The highest BCUT2D eigenvalue weighted by Crippen LogP contribution is 2.33. The average Bonchev–Trinajstić information content (AvgIpc) is 2.76. The second-order valence-electron chi connectivity index (χ2n) is 6.79. The van der Waals surface area contributed by atoms with Crippen LogP contribution >= 0.6 is 11.8 Å². The third-order valence-corrected chi connectivity index (χ3v) is 5.52. The van der Waals surface area contributed by atoms with Crippen molar-refractivity contribution in [3.8, 4) is 5.88 Å². The predicted octanol–water partition coefficient (Wildman–Crippen LogP) is 3.42. The summed E-state index contributed by atoms with van der Waals surface area (Å²) in [6.45, 7) is 6.41. The van der Waals surface area contributed by atoms with Crippen molar-refractivity contribution in [2.75, 3.05) is 37.5 Å². The maximum atomic E-state index is 12.8. The van der Waals surface area contributed by atoms with Crippen LogP contribution in [0.2, 0.25) is 0 Å². The van der Waals surface area contributed by atoms with E-state index in [0.717, 1.165) is 22.0 Å². The number of hydrogen-bond acceptors (Lipinski definition) is 8. The van der Waals surface area contributed by atoms with Crippen molar-refractivity contribution in [2.45, 2.75) is 19.0 Å². The van der Waals surface area contributed by atoms with Gasteiger partial charge in [-0.15, -0.1) is 0 Å². The number of fused-ring (bicyclic) bond motifs is 1. The first-order chi connectivity index (χ1) is 14.1. The third-order valence-electron chi connectivity index (χ3n) is 4.96. The highest BCUT2D eigenvalue weighted by atomic mass is 32.2. The van der Waals surface area contributed by atoms with E-state index in [4.69, 9.17) is 14.5 Å². The molecule has 1 fully saturated rings. The van der Waals surface area contributed by atoms with Gasteiger partial charge in [-0.1, -0.05) is 30.0 Å². The van der Waals surface area contributed by atoms with E-state index >= 15 is 0 Å². The Morgan fingerprint density at radius 3 is 2.66 bits per heavy atom. The predicted molar refractivity (Wildman–Crippen MR) is 113 cm³/mol. The van der Waals surface area contributed by atoms with Gasteiger partial charge in [-0.3, -0.25) is 0 Å². The summed E-state index contributed by atoms with van der Waals surface area (Å²) in [6, 6.07) is 7.35.